The van der Waals surface area contributed by atoms with Crippen LogP contribution < -0.4 is 5.06 Å². The molecule has 0 fully saturated rings. The van der Waals surface area contributed by atoms with Gasteiger partial charge in [-0.25, -0.2) is 10.1 Å². The van der Waals surface area contributed by atoms with Crippen molar-refractivity contribution in [2.45, 2.75) is 0 Å². The van der Waals surface area contributed by atoms with E-state index < -0.39 is 0 Å². The molecule has 0 amide bonds. The summed E-state index contributed by atoms with van der Waals surface area (Å²) in [5.41, 5.74) is 1.03. The molecule has 0 aliphatic carbocycles. The van der Waals surface area contributed by atoms with Gasteiger partial charge in [-0.3, -0.25) is 0 Å². The molecule has 2 rings (SSSR count). The average molecular weight is 162 g/mol. The second-order valence-electron chi connectivity index (χ2n) is 2.59. The zero-order chi connectivity index (χ0) is 8.39. The van der Waals surface area contributed by atoms with E-state index in [9.17, 15) is 0 Å². The van der Waals surface area contributed by atoms with Crippen molar-refractivity contribution in [2.75, 3.05) is 12.1 Å². The average Bonchev–Trinajstić information content (AvgIpc) is 2.54. The van der Waals surface area contributed by atoms with Crippen LogP contribution >= 0.6 is 0 Å². The van der Waals surface area contributed by atoms with Gasteiger partial charge in [0.05, 0.1) is 11.9 Å². The first-order valence-electron chi connectivity index (χ1n) is 3.80. The second-order valence-corrected chi connectivity index (χ2v) is 2.59. The summed E-state index contributed by atoms with van der Waals surface area (Å²) >= 11 is 0. The van der Waals surface area contributed by atoms with Crippen molar-refractivity contribution in [2.24, 2.45) is 0 Å². The van der Waals surface area contributed by atoms with Crippen LogP contribution in [0.4, 0.5) is 5.69 Å². The van der Waals surface area contributed by atoms with Crippen LogP contribution in [0.3, 0.4) is 0 Å². The monoisotopic (exact) mass is 162 g/mol. The number of hydrogen-bond acceptors (Lipinski definition) is 3. The van der Waals surface area contributed by atoms with E-state index in [0.717, 1.165) is 5.69 Å². The first-order chi connectivity index (χ1) is 5.86. The summed E-state index contributed by atoms with van der Waals surface area (Å²) in [6.45, 7) is 0. The first kappa shape index (κ1) is 7.18. The van der Waals surface area contributed by atoms with Crippen molar-refractivity contribution in [3.8, 4) is 0 Å². The fraction of sp³-hybridized carbons (Fsp3) is 0.111. The molecule has 1 aromatic rings. The molecule has 1 heterocycles. The molecule has 0 saturated heterocycles. The third kappa shape index (κ3) is 1.26. The van der Waals surface area contributed by atoms with Crippen LogP contribution in [0.5, 0.6) is 0 Å². The summed E-state index contributed by atoms with van der Waals surface area (Å²) in [7, 11) is 1.85. The van der Waals surface area contributed by atoms with Gasteiger partial charge in [0, 0.05) is 13.2 Å². The van der Waals surface area contributed by atoms with Crippen molar-refractivity contribution in [1.29, 1.82) is 0 Å². The Kier molecular flexibility index (Phi) is 1.72. The molecule has 3 nitrogen and oxygen atoms in total. The normalized spacial score (nSPS) is 15.8. The van der Waals surface area contributed by atoms with E-state index in [-0.39, 0.29) is 0 Å². The van der Waals surface area contributed by atoms with Crippen LogP contribution in [0.25, 0.3) is 0 Å². The maximum atomic E-state index is 5.30. The van der Waals surface area contributed by atoms with Gasteiger partial charge in [-0.15, -0.1) is 4.94 Å². The maximum absolute atomic E-state index is 5.30. The summed E-state index contributed by atoms with van der Waals surface area (Å²) in [6.07, 6.45) is 3.72. The molecule has 0 N–H and O–H groups in total. The molecule has 0 radical (unpaired) electrons. The quantitative estimate of drug-likeness (QED) is 0.625. The Morgan fingerprint density at radius 2 is 1.83 bits per heavy atom. The number of hydrogen-bond donors (Lipinski definition) is 0. The Bertz CT molecular complexity index is 284. The molecule has 0 unspecified atom stereocenters. The molecule has 0 aromatic heterocycles. The Morgan fingerprint density at radius 1 is 1.08 bits per heavy atom. The highest BCUT2D eigenvalue weighted by molar-refractivity contribution is 5.46. The van der Waals surface area contributed by atoms with E-state index in [2.05, 4.69) is 0 Å². The van der Waals surface area contributed by atoms with Crippen molar-refractivity contribution in [1.82, 2.24) is 5.06 Å². The zero-order valence-corrected chi connectivity index (χ0v) is 6.84. The maximum Gasteiger partial charge on any atom is 0.0713 e. The Labute approximate surface area is 71.4 Å². The summed E-state index contributed by atoms with van der Waals surface area (Å²) < 4.78 is 0. The van der Waals surface area contributed by atoms with Crippen molar-refractivity contribution >= 4 is 5.69 Å². The second kappa shape index (κ2) is 2.87. The van der Waals surface area contributed by atoms with Gasteiger partial charge in [-0.1, -0.05) is 18.2 Å². The minimum Gasteiger partial charge on any atom is -0.238 e. The first-order valence-corrected chi connectivity index (χ1v) is 3.80. The molecule has 62 valence electrons. The van der Waals surface area contributed by atoms with Crippen molar-refractivity contribution in [3.63, 3.8) is 0 Å². The van der Waals surface area contributed by atoms with Crippen LogP contribution in [0.15, 0.2) is 42.7 Å². The van der Waals surface area contributed by atoms with Gasteiger partial charge in [0.1, 0.15) is 0 Å². The van der Waals surface area contributed by atoms with Gasteiger partial charge >= 0.3 is 0 Å². The lowest BCUT2D eigenvalue weighted by Crippen LogP contribution is -2.17. The largest absolute Gasteiger partial charge is 0.238 e. The number of nitrogens with zero attached hydrogens (tertiary/aromatic N) is 2. The lowest BCUT2D eigenvalue weighted by molar-refractivity contribution is -0.0838. The topological polar surface area (TPSA) is 15.7 Å². The minimum atomic E-state index is 1.03. The number of para-hydroxylation sites is 1. The number of rotatable bonds is 1. The van der Waals surface area contributed by atoms with E-state index in [1.54, 1.807) is 10.1 Å². The molecular weight excluding hydrogens is 152 g/mol. The molecular formula is C9H10N2O. The number of hydroxylamine groups is 3. The Morgan fingerprint density at radius 3 is 2.42 bits per heavy atom. The Balaban J connectivity index is 2.18. The van der Waals surface area contributed by atoms with E-state index in [1.165, 1.54) is 0 Å². The van der Waals surface area contributed by atoms with Gasteiger partial charge in [0.25, 0.3) is 0 Å². The highest BCUT2D eigenvalue weighted by Crippen LogP contribution is 2.18. The van der Waals surface area contributed by atoms with Crippen LogP contribution in [-0.2, 0) is 4.94 Å². The molecule has 12 heavy (non-hydrogen) atoms. The number of anilines is 1. The predicted octanol–water partition coefficient (Wildman–Crippen LogP) is 1.76. The van der Waals surface area contributed by atoms with E-state index in [4.69, 9.17) is 4.94 Å². The molecule has 1 aliphatic rings. The van der Waals surface area contributed by atoms with Gasteiger partial charge in [0.15, 0.2) is 0 Å². The van der Waals surface area contributed by atoms with Gasteiger partial charge in [0.2, 0.25) is 0 Å². The summed E-state index contributed by atoms with van der Waals surface area (Å²) in [5.74, 6) is 0. The van der Waals surface area contributed by atoms with E-state index in [1.807, 2.05) is 49.8 Å². The number of benzene rings is 1. The molecule has 0 saturated carbocycles. The fourth-order valence-electron chi connectivity index (χ4n) is 1.06. The fourth-order valence-corrected chi connectivity index (χ4v) is 1.06. The molecule has 0 spiro atoms. The highest BCUT2D eigenvalue weighted by atomic mass is 16.8. The van der Waals surface area contributed by atoms with Crippen molar-refractivity contribution < 1.29 is 4.94 Å². The summed E-state index contributed by atoms with van der Waals surface area (Å²) in [6, 6.07) is 9.91. The summed E-state index contributed by atoms with van der Waals surface area (Å²) in [5, 5.41) is 3.35. The smallest absolute Gasteiger partial charge is 0.0713 e. The van der Waals surface area contributed by atoms with Crippen LogP contribution in [-0.4, -0.2) is 12.1 Å². The minimum absolute atomic E-state index is 1.03. The van der Waals surface area contributed by atoms with Crippen LogP contribution in [0.1, 0.15) is 0 Å². The lowest BCUT2D eigenvalue weighted by Gasteiger charge is -2.15. The SMILES string of the molecule is CN1C=CN(c2ccccc2)O1. The van der Waals surface area contributed by atoms with Gasteiger partial charge in [-0.2, -0.15) is 0 Å². The van der Waals surface area contributed by atoms with Gasteiger partial charge in [-0.05, 0) is 12.1 Å². The van der Waals surface area contributed by atoms with Crippen LogP contribution in [0, 0.1) is 0 Å². The van der Waals surface area contributed by atoms with Crippen molar-refractivity contribution in [3.05, 3.63) is 42.7 Å². The lowest BCUT2D eigenvalue weighted by atomic mass is 10.3. The molecule has 0 atom stereocenters. The predicted molar refractivity (Wildman–Crippen MR) is 46.9 cm³/mol. The van der Waals surface area contributed by atoms with E-state index in [0.29, 0.717) is 0 Å². The van der Waals surface area contributed by atoms with Crippen LogP contribution in [0.2, 0.25) is 0 Å². The van der Waals surface area contributed by atoms with Gasteiger partial charge < -0.3 is 0 Å². The Hall–Kier alpha value is -1.48. The standard InChI is InChI=1S/C9H10N2O/c1-10-7-8-11(12-10)9-5-3-2-4-6-9/h2-8H,1H3. The molecule has 3 heteroatoms. The molecule has 1 aliphatic heterocycles. The third-order valence-corrected chi connectivity index (χ3v) is 1.64. The highest BCUT2D eigenvalue weighted by Gasteiger charge is 2.10. The van der Waals surface area contributed by atoms with E-state index >= 15 is 0 Å². The summed E-state index contributed by atoms with van der Waals surface area (Å²) in [4.78, 5) is 5.30. The third-order valence-electron chi connectivity index (χ3n) is 1.64. The molecule has 0 bridgehead atoms. The molecule has 1 aromatic carbocycles. The zero-order valence-electron chi connectivity index (χ0n) is 6.84.